The third kappa shape index (κ3) is 2.71. The smallest absolute Gasteiger partial charge is 0.0545 e. The minimum Gasteiger partial charge on any atom is -0.393 e. The van der Waals surface area contributed by atoms with Crippen molar-refractivity contribution >= 4 is 0 Å². The van der Waals surface area contributed by atoms with Gasteiger partial charge in [0.15, 0.2) is 0 Å². The normalized spacial score (nSPS) is 47.5. The fourth-order valence-electron chi connectivity index (χ4n) is 7.01. The van der Waals surface area contributed by atoms with Gasteiger partial charge in [0.05, 0.1) is 6.10 Å². The van der Waals surface area contributed by atoms with Crippen LogP contribution in [-0.2, 0) is 0 Å². The summed E-state index contributed by atoms with van der Waals surface area (Å²) in [6.07, 6.45) is 14.6. The number of allylic oxidation sites excluding steroid dienone is 1. The Morgan fingerprint density at radius 2 is 1.80 bits per heavy atom. The van der Waals surface area contributed by atoms with Crippen LogP contribution in [0.2, 0.25) is 0 Å². The number of aliphatic hydroxyl groups is 1. The summed E-state index contributed by atoms with van der Waals surface area (Å²) in [5.41, 5.74) is 1.63. The predicted molar refractivity (Wildman–Crippen MR) is 84.5 cm³/mol. The first-order valence-corrected chi connectivity index (χ1v) is 8.65. The Morgan fingerprint density at radius 1 is 1.15 bits per heavy atom. The molecule has 0 aromatic rings. The molecular weight excluding hydrogens is 244 g/mol. The monoisotopic (exact) mass is 276 g/mol. The third-order valence-corrected chi connectivity index (χ3v) is 6.36. The number of hydrogen-bond acceptors (Lipinski definition) is 1. The zero-order valence-corrected chi connectivity index (χ0v) is 13.5. The second kappa shape index (κ2) is 4.87. The van der Waals surface area contributed by atoms with Crippen molar-refractivity contribution < 1.29 is 5.11 Å². The lowest BCUT2D eigenvalue weighted by Crippen LogP contribution is -2.55. The molecule has 4 rings (SSSR count). The maximum Gasteiger partial charge on any atom is 0.0545 e. The lowest BCUT2D eigenvalue weighted by molar-refractivity contribution is -0.156. The molecule has 0 saturated heterocycles. The van der Waals surface area contributed by atoms with Gasteiger partial charge in [0.2, 0.25) is 0 Å². The first-order chi connectivity index (χ1) is 9.36. The van der Waals surface area contributed by atoms with Gasteiger partial charge in [-0.1, -0.05) is 19.9 Å². The zero-order valence-electron chi connectivity index (χ0n) is 13.5. The summed E-state index contributed by atoms with van der Waals surface area (Å²) in [4.78, 5) is 0. The van der Waals surface area contributed by atoms with E-state index in [1.54, 1.807) is 0 Å². The fourth-order valence-corrected chi connectivity index (χ4v) is 7.01. The van der Waals surface area contributed by atoms with Crippen LogP contribution in [0, 0.1) is 22.2 Å². The summed E-state index contributed by atoms with van der Waals surface area (Å²) < 4.78 is 0. The lowest BCUT2D eigenvalue weighted by atomic mass is 9.39. The van der Waals surface area contributed by atoms with E-state index in [2.05, 4.69) is 20.4 Å². The van der Waals surface area contributed by atoms with Crippen LogP contribution in [-0.4, -0.2) is 11.2 Å². The van der Waals surface area contributed by atoms with Crippen LogP contribution in [0.5, 0.6) is 0 Å². The Hall–Kier alpha value is -0.300. The van der Waals surface area contributed by atoms with Crippen LogP contribution in [0.3, 0.4) is 0 Å². The SMILES string of the molecule is C=CCCCC(O)CC12CC3CC(C)(CC(C)(C3)C1)C2. The molecule has 3 atom stereocenters. The Balaban J connectivity index is 1.68. The molecule has 0 heterocycles. The molecule has 0 aromatic heterocycles. The second-order valence-corrected chi connectivity index (χ2v) is 9.21. The molecule has 20 heavy (non-hydrogen) atoms. The van der Waals surface area contributed by atoms with Gasteiger partial charge in [-0.3, -0.25) is 0 Å². The van der Waals surface area contributed by atoms with Gasteiger partial charge in [-0.25, -0.2) is 0 Å². The van der Waals surface area contributed by atoms with E-state index in [-0.39, 0.29) is 6.10 Å². The first kappa shape index (κ1) is 14.6. The van der Waals surface area contributed by atoms with Gasteiger partial charge in [-0.05, 0) is 86.4 Å². The molecule has 0 aromatic carbocycles. The maximum absolute atomic E-state index is 10.5. The molecule has 4 saturated carbocycles. The van der Waals surface area contributed by atoms with Crippen molar-refractivity contribution in [3.8, 4) is 0 Å². The number of hydrogen-bond donors (Lipinski definition) is 1. The van der Waals surface area contributed by atoms with E-state index in [0.717, 1.165) is 31.6 Å². The van der Waals surface area contributed by atoms with Crippen molar-refractivity contribution in [1.82, 2.24) is 0 Å². The minimum atomic E-state index is -0.0848. The van der Waals surface area contributed by atoms with Gasteiger partial charge in [0, 0.05) is 0 Å². The quantitative estimate of drug-likeness (QED) is 0.529. The van der Waals surface area contributed by atoms with E-state index in [1.165, 1.54) is 38.5 Å². The van der Waals surface area contributed by atoms with Crippen LogP contribution in [0.25, 0.3) is 0 Å². The van der Waals surface area contributed by atoms with E-state index in [0.29, 0.717) is 16.2 Å². The molecule has 1 N–H and O–H groups in total. The highest BCUT2D eigenvalue weighted by atomic mass is 16.3. The average Bonchev–Trinajstić information content (AvgIpc) is 2.22. The lowest BCUT2D eigenvalue weighted by Gasteiger charge is -2.66. The molecule has 3 unspecified atom stereocenters. The molecule has 4 bridgehead atoms. The Labute approximate surface area is 124 Å². The molecule has 114 valence electrons. The molecule has 0 amide bonds. The topological polar surface area (TPSA) is 20.2 Å². The van der Waals surface area contributed by atoms with E-state index < -0.39 is 0 Å². The number of rotatable bonds is 6. The Morgan fingerprint density at radius 3 is 2.35 bits per heavy atom. The van der Waals surface area contributed by atoms with E-state index >= 15 is 0 Å². The van der Waals surface area contributed by atoms with Gasteiger partial charge in [-0.15, -0.1) is 6.58 Å². The fraction of sp³-hybridized carbons (Fsp3) is 0.895. The molecule has 0 aliphatic heterocycles. The van der Waals surface area contributed by atoms with Crippen LogP contribution in [0.1, 0.15) is 78.1 Å². The molecule has 4 aliphatic rings. The van der Waals surface area contributed by atoms with Crippen LogP contribution in [0.4, 0.5) is 0 Å². The molecule has 4 fully saturated rings. The van der Waals surface area contributed by atoms with E-state index in [9.17, 15) is 5.11 Å². The van der Waals surface area contributed by atoms with Crippen molar-refractivity contribution in [2.45, 2.75) is 84.2 Å². The van der Waals surface area contributed by atoms with Crippen molar-refractivity contribution in [3.63, 3.8) is 0 Å². The molecule has 1 heteroatoms. The standard InChI is InChI=1S/C19H32O/c1-4-5-6-7-16(20)11-19-10-15-8-17(2,13-19)12-18(3,9-15)14-19/h4,15-16,20H,1,5-14H2,2-3H3. The molecular formula is C19H32O. The molecule has 0 radical (unpaired) electrons. The summed E-state index contributed by atoms with van der Waals surface area (Å²) in [5.74, 6) is 0.946. The average molecular weight is 276 g/mol. The zero-order chi connectivity index (χ0) is 14.4. The number of unbranched alkanes of at least 4 members (excludes halogenated alkanes) is 1. The summed E-state index contributed by atoms with van der Waals surface area (Å²) in [6.45, 7) is 8.82. The molecule has 4 aliphatic carbocycles. The second-order valence-electron chi connectivity index (χ2n) is 9.21. The van der Waals surface area contributed by atoms with Gasteiger partial charge in [-0.2, -0.15) is 0 Å². The molecule has 1 nitrogen and oxygen atoms in total. The predicted octanol–water partition coefficient (Wildman–Crippen LogP) is 5.09. The largest absolute Gasteiger partial charge is 0.393 e. The van der Waals surface area contributed by atoms with Gasteiger partial charge in [0.25, 0.3) is 0 Å². The van der Waals surface area contributed by atoms with E-state index in [1.807, 2.05) is 6.08 Å². The Kier molecular flexibility index (Phi) is 3.56. The summed E-state index contributed by atoms with van der Waals surface area (Å²) in [6, 6.07) is 0. The highest BCUT2D eigenvalue weighted by Crippen LogP contribution is 2.70. The summed E-state index contributed by atoms with van der Waals surface area (Å²) in [7, 11) is 0. The summed E-state index contributed by atoms with van der Waals surface area (Å²) >= 11 is 0. The van der Waals surface area contributed by atoms with Crippen molar-refractivity contribution in [1.29, 1.82) is 0 Å². The summed E-state index contributed by atoms with van der Waals surface area (Å²) in [5, 5.41) is 10.5. The van der Waals surface area contributed by atoms with Crippen LogP contribution >= 0.6 is 0 Å². The first-order valence-electron chi connectivity index (χ1n) is 8.65. The number of aliphatic hydroxyl groups excluding tert-OH is 1. The van der Waals surface area contributed by atoms with Gasteiger partial charge in [0.1, 0.15) is 0 Å². The Bertz CT molecular complexity index is 367. The van der Waals surface area contributed by atoms with Gasteiger partial charge >= 0.3 is 0 Å². The molecule has 0 spiro atoms. The van der Waals surface area contributed by atoms with Crippen LogP contribution < -0.4 is 0 Å². The van der Waals surface area contributed by atoms with Crippen molar-refractivity contribution in [2.75, 3.05) is 0 Å². The van der Waals surface area contributed by atoms with Crippen molar-refractivity contribution in [3.05, 3.63) is 12.7 Å². The maximum atomic E-state index is 10.5. The minimum absolute atomic E-state index is 0.0848. The highest BCUT2D eigenvalue weighted by Gasteiger charge is 2.59. The van der Waals surface area contributed by atoms with Crippen molar-refractivity contribution in [2.24, 2.45) is 22.2 Å². The van der Waals surface area contributed by atoms with Crippen LogP contribution in [0.15, 0.2) is 12.7 Å². The third-order valence-electron chi connectivity index (χ3n) is 6.36. The van der Waals surface area contributed by atoms with Gasteiger partial charge < -0.3 is 5.11 Å². The van der Waals surface area contributed by atoms with E-state index in [4.69, 9.17) is 0 Å². The highest BCUT2D eigenvalue weighted by molar-refractivity contribution is 5.10.